The average Bonchev–Trinajstić information content (AvgIpc) is 3.39. The van der Waals surface area contributed by atoms with Crippen LogP contribution >= 0.6 is 11.3 Å². The molecule has 0 saturated heterocycles. The number of aryl methyl sites for hydroxylation is 3. The summed E-state index contributed by atoms with van der Waals surface area (Å²) >= 11 is 1.27. The molecule has 0 bridgehead atoms. The molecule has 6 nitrogen and oxygen atoms in total. The van der Waals surface area contributed by atoms with Crippen molar-refractivity contribution < 1.29 is 4.79 Å². The van der Waals surface area contributed by atoms with E-state index in [1.807, 2.05) is 32.0 Å². The molecule has 3 aromatic heterocycles. The van der Waals surface area contributed by atoms with Crippen LogP contribution in [0.15, 0.2) is 29.3 Å². The molecule has 1 N–H and O–H groups in total. The van der Waals surface area contributed by atoms with Gasteiger partial charge in [-0.2, -0.15) is 0 Å². The monoisotopic (exact) mass is 368 g/mol. The number of pyridine rings is 1. The average molecular weight is 368 g/mol. The number of amides is 1. The molecule has 3 aromatic rings. The van der Waals surface area contributed by atoms with Gasteiger partial charge in [0.2, 0.25) is 0 Å². The van der Waals surface area contributed by atoms with Gasteiger partial charge < -0.3 is 9.88 Å². The zero-order chi connectivity index (χ0) is 18.4. The fourth-order valence-corrected chi connectivity index (χ4v) is 4.27. The van der Waals surface area contributed by atoms with E-state index < -0.39 is 0 Å². The molecule has 0 radical (unpaired) electrons. The van der Waals surface area contributed by atoms with E-state index in [4.69, 9.17) is 0 Å². The number of aromatic nitrogens is 3. The van der Waals surface area contributed by atoms with Gasteiger partial charge in [-0.1, -0.05) is 6.07 Å². The summed E-state index contributed by atoms with van der Waals surface area (Å²) in [5, 5.41) is 3.68. The summed E-state index contributed by atoms with van der Waals surface area (Å²) in [5.74, 6) is 0.265. The van der Waals surface area contributed by atoms with E-state index in [2.05, 4.69) is 15.3 Å². The highest BCUT2D eigenvalue weighted by atomic mass is 32.1. The molecule has 7 heteroatoms. The molecule has 1 aliphatic rings. The van der Waals surface area contributed by atoms with E-state index >= 15 is 0 Å². The van der Waals surface area contributed by atoms with Crippen molar-refractivity contribution in [1.82, 2.24) is 19.9 Å². The van der Waals surface area contributed by atoms with Crippen LogP contribution in [0.1, 0.15) is 45.5 Å². The maximum atomic E-state index is 13.0. The Morgan fingerprint density at radius 1 is 1.35 bits per heavy atom. The van der Waals surface area contributed by atoms with Crippen LogP contribution in [-0.4, -0.2) is 20.4 Å². The van der Waals surface area contributed by atoms with Crippen LogP contribution in [-0.2, 0) is 7.05 Å². The van der Waals surface area contributed by atoms with Gasteiger partial charge in [0.05, 0.1) is 28.3 Å². The van der Waals surface area contributed by atoms with E-state index in [0.717, 1.165) is 24.2 Å². The standard InChI is InChI=1S/C19H20N4O2S/c1-10-5-4-6-13(21-10)15(12-7-8-12)22-17(24)16-11(2)14-18(26-16)20-9-23(3)19(14)25/h4-6,9,12,15H,7-8H2,1-3H3,(H,22,24)/t15-/m1/s1. The predicted octanol–water partition coefficient (Wildman–Crippen LogP) is 2.89. The number of carbonyl (C=O) groups excluding carboxylic acids is 1. The minimum Gasteiger partial charge on any atom is -0.343 e. The summed E-state index contributed by atoms with van der Waals surface area (Å²) < 4.78 is 1.44. The van der Waals surface area contributed by atoms with Crippen LogP contribution in [0.4, 0.5) is 0 Å². The Bertz CT molecular complexity index is 1070. The van der Waals surface area contributed by atoms with Gasteiger partial charge in [-0.15, -0.1) is 11.3 Å². The lowest BCUT2D eigenvalue weighted by Gasteiger charge is -2.18. The third kappa shape index (κ3) is 2.92. The molecule has 0 spiro atoms. The van der Waals surface area contributed by atoms with Gasteiger partial charge in [0.1, 0.15) is 4.83 Å². The number of thiophene rings is 1. The van der Waals surface area contributed by atoms with Crippen molar-refractivity contribution in [3.63, 3.8) is 0 Å². The van der Waals surface area contributed by atoms with Crippen molar-refractivity contribution in [1.29, 1.82) is 0 Å². The molecule has 1 atom stereocenters. The highest BCUT2D eigenvalue weighted by Crippen LogP contribution is 2.41. The molecule has 1 saturated carbocycles. The first-order chi connectivity index (χ1) is 12.5. The van der Waals surface area contributed by atoms with E-state index in [9.17, 15) is 9.59 Å². The van der Waals surface area contributed by atoms with Crippen molar-refractivity contribution in [3.8, 4) is 0 Å². The summed E-state index contributed by atoms with van der Waals surface area (Å²) in [7, 11) is 1.66. The maximum Gasteiger partial charge on any atom is 0.262 e. The van der Waals surface area contributed by atoms with Gasteiger partial charge in [-0.05, 0) is 50.3 Å². The number of carbonyl (C=O) groups is 1. The first-order valence-electron chi connectivity index (χ1n) is 8.65. The number of nitrogens with one attached hydrogen (secondary N) is 1. The van der Waals surface area contributed by atoms with Crippen molar-refractivity contribution >= 4 is 27.5 Å². The molecule has 4 rings (SSSR count). The van der Waals surface area contributed by atoms with E-state index in [-0.39, 0.29) is 17.5 Å². The number of hydrogen-bond donors (Lipinski definition) is 1. The zero-order valence-electron chi connectivity index (χ0n) is 14.9. The van der Waals surface area contributed by atoms with Crippen molar-refractivity contribution in [2.75, 3.05) is 0 Å². The van der Waals surface area contributed by atoms with Crippen LogP contribution in [0, 0.1) is 19.8 Å². The molecule has 1 amide bonds. The van der Waals surface area contributed by atoms with E-state index in [0.29, 0.717) is 26.6 Å². The Balaban J connectivity index is 1.69. The maximum absolute atomic E-state index is 13.0. The molecular formula is C19H20N4O2S. The number of nitrogens with zero attached hydrogens (tertiary/aromatic N) is 3. The Morgan fingerprint density at radius 2 is 2.12 bits per heavy atom. The number of hydrogen-bond acceptors (Lipinski definition) is 5. The zero-order valence-corrected chi connectivity index (χ0v) is 15.8. The van der Waals surface area contributed by atoms with Gasteiger partial charge >= 0.3 is 0 Å². The summed E-state index contributed by atoms with van der Waals surface area (Å²) in [4.78, 5) is 35.4. The highest BCUT2D eigenvalue weighted by Gasteiger charge is 2.35. The second kappa shape index (κ2) is 6.32. The van der Waals surface area contributed by atoms with Crippen LogP contribution < -0.4 is 10.9 Å². The summed E-state index contributed by atoms with van der Waals surface area (Å²) in [6.45, 7) is 3.76. The van der Waals surface area contributed by atoms with Crippen molar-refractivity contribution in [3.05, 3.63) is 56.7 Å². The first-order valence-corrected chi connectivity index (χ1v) is 9.46. The largest absolute Gasteiger partial charge is 0.343 e. The molecule has 0 aliphatic heterocycles. The molecule has 1 aliphatic carbocycles. The lowest BCUT2D eigenvalue weighted by Crippen LogP contribution is -2.30. The smallest absolute Gasteiger partial charge is 0.262 e. The Morgan fingerprint density at radius 3 is 2.81 bits per heavy atom. The van der Waals surface area contributed by atoms with Gasteiger partial charge in [0.25, 0.3) is 11.5 Å². The Kier molecular flexibility index (Phi) is 4.11. The van der Waals surface area contributed by atoms with Gasteiger partial charge in [0.15, 0.2) is 0 Å². The van der Waals surface area contributed by atoms with E-state index in [1.54, 1.807) is 7.05 Å². The summed E-state index contributed by atoms with van der Waals surface area (Å²) in [5.41, 5.74) is 2.41. The van der Waals surface area contributed by atoms with E-state index in [1.165, 1.54) is 22.2 Å². The lowest BCUT2D eigenvalue weighted by atomic mass is 10.1. The van der Waals surface area contributed by atoms with Crippen LogP contribution in [0.25, 0.3) is 10.2 Å². The quantitative estimate of drug-likeness (QED) is 0.768. The molecule has 0 unspecified atom stereocenters. The fourth-order valence-electron chi connectivity index (χ4n) is 3.23. The molecule has 3 heterocycles. The topological polar surface area (TPSA) is 76.9 Å². The van der Waals surface area contributed by atoms with Crippen LogP contribution in [0.2, 0.25) is 0 Å². The molecule has 26 heavy (non-hydrogen) atoms. The second-order valence-corrected chi connectivity index (χ2v) is 7.89. The lowest BCUT2D eigenvalue weighted by molar-refractivity contribution is 0.0934. The highest BCUT2D eigenvalue weighted by molar-refractivity contribution is 7.20. The minimum absolute atomic E-state index is 0.0946. The van der Waals surface area contributed by atoms with Gasteiger partial charge in [-0.25, -0.2) is 4.98 Å². The predicted molar refractivity (Wildman–Crippen MR) is 102 cm³/mol. The number of rotatable bonds is 4. The SMILES string of the molecule is Cc1cccc([C@H](NC(=O)c2sc3ncn(C)c(=O)c3c2C)C2CC2)n1. The summed E-state index contributed by atoms with van der Waals surface area (Å²) in [6.07, 6.45) is 3.67. The van der Waals surface area contributed by atoms with Crippen LogP contribution in [0.5, 0.6) is 0 Å². The van der Waals surface area contributed by atoms with Gasteiger partial charge in [0, 0.05) is 12.7 Å². The molecule has 134 valence electrons. The Labute approximate surface area is 154 Å². The first kappa shape index (κ1) is 16.9. The van der Waals surface area contributed by atoms with Crippen molar-refractivity contribution in [2.24, 2.45) is 13.0 Å². The van der Waals surface area contributed by atoms with Crippen molar-refractivity contribution in [2.45, 2.75) is 32.7 Å². The molecule has 1 fully saturated rings. The van der Waals surface area contributed by atoms with Gasteiger partial charge in [-0.3, -0.25) is 14.6 Å². The minimum atomic E-state index is -0.159. The normalized spacial score (nSPS) is 15.2. The third-order valence-corrected chi connectivity index (χ3v) is 6.02. The van der Waals surface area contributed by atoms with Crippen LogP contribution in [0.3, 0.4) is 0 Å². The molecular weight excluding hydrogens is 348 g/mol. The number of fused-ring (bicyclic) bond motifs is 1. The summed E-state index contributed by atoms with van der Waals surface area (Å²) in [6, 6.07) is 5.79. The second-order valence-electron chi connectivity index (χ2n) is 6.89. The molecule has 0 aromatic carbocycles. The fraction of sp³-hybridized carbons (Fsp3) is 0.368. The Hall–Kier alpha value is -2.54. The third-order valence-electron chi connectivity index (χ3n) is 4.83.